The molecule has 1 saturated heterocycles. The van der Waals surface area contributed by atoms with Crippen molar-refractivity contribution in [3.05, 3.63) is 64.7 Å². The van der Waals surface area contributed by atoms with Crippen LogP contribution in [-0.4, -0.2) is 83.5 Å². The van der Waals surface area contributed by atoms with Crippen molar-refractivity contribution in [2.24, 2.45) is 11.8 Å². The first kappa shape index (κ1) is 33.8. The number of halogens is 1. The van der Waals surface area contributed by atoms with Crippen molar-refractivity contribution in [3.8, 4) is 5.75 Å². The molecule has 2 bridgehead atoms. The maximum atomic E-state index is 13.6. The summed E-state index contributed by atoms with van der Waals surface area (Å²) >= 11 is 6.45. The largest absolute Gasteiger partial charge is 0.490 e. The average Bonchev–Trinajstić information content (AvgIpc) is 3.51. The molecule has 0 radical (unpaired) electrons. The highest BCUT2D eigenvalue weighted by molar-refractivity contribution is 7.90. The van der Waals surface area contributed by atoms with E-state index in [9.17, 15) is 13.2 Å². The summed E-state index contributed by atoms with van der Waals surface area (Å²) in [4.78, 5) is 18.1. The van der Waals surface area contributed by atoms with Crippen molar-refractivity contribution in [2.75, 3.05) is 57.4 Å². The van der Waals surface area contributed by atoms with Gasteiger partial charge in [-0.1, -0.05) is 29.8 Å². The Bertz CT molecular complexity index is 1660. The number of aryl methyl sites for hydroxylation is 1. The van der Waals surface area contributed by atoms with Crippen molar-refractivity contribution in [1.29, 1.82) is 0 Å². The van der Waals surface area contributed by atoms with Gasteiger partial charge in [-0.05, 0) is 125 Å². The molecule has 2 aromatic carbocycles. The van der Waals surface area contributed by atoms with E-state index in [0.29, 0.717) is 37.3 Å². The number of hydrogen-bond acceptors (Lipinski definition) is 8. The molecule has 2 aliphatic carbocycles. The number of rotatable bonds is 4. The van der Waals surface area contributed by atoms with Crippen LogP contribution in [0.1, 0.15) is 63.5 Å². The highest BCUT2D eigenvalue weighted by atomic mass is 35.5. The molecule has 7 rings (SSSR count). The van der Waals surface area contributed by atoms with Crippen LogP contribution in [0.15, 0.2) is 53.4 Å². The summed E-state index contributed by atoms with van der Waals surface area (Å²) in [6.45, 7) is 9.09. The predicted molar refractivity (Wildman–Crippen MR) is 186 cm³/mol. The molecule has 1 spiro atoms. The van der Waals surface area contributed by atoms with Gasteiger partial charge in [-0.25, -0.2) is 13.1 Å². The number of carbonyl (C=O) groups excluding carboxylic acids is 1. The van der Waals surface area contributed by atoms with Crippen LogP contribution >= 0.6 is 11.6 Å². The molecule has 0 aromatic heterocycles. The van der Waals surface area contributed by atoms with E-state index < -0.39 is 21.5 Å². The molecule has 5 aliphatic rings. The Morgan fingerprint density at radius 2 is 1.92 bits per heavy atom. The summed E-state index contributed by atoms with van der Waals surface area (Å²) in [5, 5.41) is 0.736. The van der Waals surface area contributed by atoms with Gasteiger partial charge in [0.25, 0.3) is 15.9 Å². The van der Waals surface area contributed by atoms with Gasteiger partial charge in [-0.15, -0.1) is 0 Å². The van der Waals surface area contributed by atoms with E-state index in [1.54, 1.807) is 26.0 Å². The standard InChI is InChI=1S/C37H48ClN3O6S/c1-36(2)35(42)39-48(43,44)29-11-14-34-32(22-29)41(24-37(25-46-34)15-5-7-26-21-28(38)10-13-31(26)37)23-27-9-12-30(27)33(8-6-19-47-36)45-20-18-40-16-3-4-17-40/h6,8,10-11,13-14,21-22,27,30,33H,3-5,7,9,12,15-20,23-25H2,1-2H3,(H,39,42)/b8-6-/t27-,30+,33+,37-/m0/s1. The van der Waals surface area contributed by atoms with Crippen LogP contribution in [0, 0.1) is 11.8 Å². The van der Waals surface area contributed by atoms with Crippen LogP contribution in [0.3, 0.4) is 0 Å². The number of nitrogens with one attached hydrogen (secondary N) is 1. The number of fused-ring (bicyclic) bond motifs is 4. The smallest absolute Gasteiger partial charge is 0.265 e. The third-order valence-corrected chi connectivity index (χ3v) is 12.8. The van der Waals surface area contributed by atoms with E-state index in [4.69, 9.17) is 25.8 Å². The highest BCUT2D eigenvalue weighted by Crippen LogP contribution is 2.47. The molecule has 1 saturated carbocycles. The zero-order chi connectivity index (χ0) is 33.5. The van der Waals surface area contributed by atoms with E-state index in [1.807, 2.05) is 12.1 Å². The lowest BCUT2D eigenvalue weighted by atomic mass is 9.68. The first-order valence-corrected chi connectivity index (χ1v) is 19.4. The van der Waals surface area contributed by atoms with Gasteiger partial charge in [0.2, 0.25) is 0 Å². The summed E-state index contributed by atoms with van der Waals surface area (Å²) in [5.41, 5.74) is 1.60. The van der Waals surface area contributed by atoms with Gasteiger partial charge in [-0.3, -0.25) is 4.79 Å². The molecule has 4 atom stereocenters. The topological polar surface area (TPSA) is 97.4 Å². The zero-order valence-corrected chi connectivity index (χ0v) is 29.7. The quantitative estimate of drug-likeness (QED) is 0.419. The minimum absolute atomic E-state index is 0.0195. The van der Waals surface area contributed by atoms with Crippen LogP contribution in [0.5, 0.6) is 5.75 Å². The molecular formula is C37H48ClN3O6S. The second-order valence-electron chi connectivity index (χ2n) is 14.8. The first-order valence-electron chi connectivity index (χ1n) is 17.6. The van der Waals surface area contributed by atoms with Crippen LogP contribution in [0.25, 0.3) is 0 Å². The van der Waals surface area contributed by atoms with Crippen molar-refractivity contribution in [1.82, 2.24) is 9.62 Å². The molecule has 1 amide bonds. The van der Waals surface area contributed by atoms with Crippen molar-refractivity contribution >= 4 is 33.2 Å². The Morgan fingerprint density at radius 3 is 2.71 bits per heavy atom. The molecule has 48 heavy (non-hydrogen) atoms. The number of carbonyl (C=O) groups is 1. The van der Waals surface area contributed by atoms with Crippen LogP contribution in [-0.2, 0) is 36.1 Å². The fourth-order valence-corrected chi connectivity index (χ4v) is 9.58. The minimum atomic E-state index is -4.18. The van der Waals surface area contributed by atoms with Crippen LogP contribution in [0.4, 0.5) is 5.69 Å². The Kier molecular flexibility index (Phi) is 9.58. The molecule has 2 aromatic rings. The second kappa shape index (κ2) is 13.6. The molecule has 260 valence electrons. The lowest BCUT2D eigenvalue weighted by Crippen LogP contribution is -2.50. The number of amides is 1. The number of benzene rings is 2. The molecule has 9 nitrogen and oxygen atoms in total. The first-order chi connectivity index (χ1) is 23.0. The Balaban J connectivity index is 1.25. The van der Waals surface area contributed by atoms with E-state index in [1.165, 1.54) is 30.0 Å². The van der Waals surface area contributed by atoms with Gasteiger partial charge in [0.05, 0.1) is 36.5 Å². The van der Waals surface area contributed by atoms with E-state index in [-0.39, 0.29) is 23.0 Å². The number of likely N-dealkylation sites (tertiary alicyclic amines) is 1. The molecule has 3 aliphatic heterocycles. The summed E-state index contributed by atoms with van der Waals surface area (Å²) in [5.74, 6) is 0.571. The van der Waals surface area contributed by atoms with Crippen molar-refractivity contribution in [3.63, 3.8) is 0 Å². The Labute approximate surface area is 290 Å². The van der Waals surface area contributed by atoms with Crippen LogP contribution < -0.4 is 14.4 Å². The number of ether oxygens (including phenoxy) is 3. The molecule has 3 heterocycles. The summed E-state index contributed by atoms with van der Waals surface area (Å²) in [6.07, 6.45) is 11.5. The van der Waals surface area contributed by atoms with Gasteiger partial charge in [0.1, 0.15) is 11.4 Å². The number of nitrogens with zero attached hydrogens (tertiary/aromatic N) is 2. The van der Waals surface area contributed by atoms with Gasteiger partial charge < -0.3 is 24.0 Å². The molecule has 2 fully saturated rings. The average molecular weight is 698 g/mol. The summed E-state index contributed by atoms with van der Waals surface area (Å²) in [7, 11) is -4.18. The zero-order valence-electron chi connectivity index (χ0n) is 28.1. The monoisotopic (exact) mass is 697 g/mol. The fraction of sp³-hybridized carbons (Fsp3) is 0.595. The second-order valence-corrected chi connectivity index (χ2v) is 16.9. The maximum absolute atomic E-state index is 13.6. The van der Waals surface area contributed by atoms with Gasteiger partial charge in [0, 0.05) is 30.1 Å². The molecule has 0 unspecified atom stereocenters. The summed E-state index contributed by atoms with van der Waals surface area (Å²) in [6, 6.07) is 11.1. The van der Waals surface area contributed by atoms with Crippen LogP contribution in [0.2, 0.25) is 5.02 Å². The SMILES string of the molecule is CC1(C)OC/C=C\[C@@H](OCCN2CCCC2)[C@@H]2CC[C@H]2CN2C[C@@]3(CCCc4cc(Cl)ccc43)COc3ccc(cc32)S(=O)(=O)NC1=O. The highest BCUT2D eigenvalue weighted by Gasteiger charge is 2.45. The Morgan fingerprint density at radius 1 is 1.08 bits per heavy atom. The van der Waals surface area contributed by atoms with Crippen molar-refractivity contribution in [2.45, 2.75) is 80.8 Å². The maximum Gasteiger partial charge on any atom is 0.265 e. The number of sulfonamides is 1. The minimum Gasteiger partial charge on any atom is -0.490 e. The predicted octanol–water partition coefficient (Wildman–Crippen LogP) is 5.49. The molecule has 1 N–H and O–H groups in total. The third kappa shape index (κ3) is 6.88. The Hall–Kier alpha value is -2.63. The normalized spacial score (nSPS) is 30.7. The lowest BCUT2D eigenvalue weighted by Gasteiger charge is -2.46. The van der Waals surface area contributed by atoms with Crippen molar-refractivity contribution < 1.29 is 27.4 Å². The van der Waals surface area contributed by atoms with Gasteiger partial charge >= 0.3 is 0 Å². The number of hydrogen-bond donors (Lipinski definition) is 1. The van der Waals surface area contributed by atoms with Gasteiger partial charge in [-0.2, -0.15) is 0 Å². The third-order valence-electron chi connectivity index (χ3n) is 11.2. The fourth-order valence-electron chi connectivity index (χ4n) is 8.26. The summed E-state index contributed by atoms with van der Waals surface area (Å²) < 4.78 is 48.7. The van der Waals surface area contributed by atoms with E-state index >= 15 is 0 Å². The number of anilines is 1. The lowest BCUT2D eigenvalue weighted by molar-refractivity contribution is -0.139. The van der Waals surface area contributed by atoms with E-state index in [2.05, 4.69) is 32.7 Å². The van der Waals surface area contributed by atoms with Gasteiger partial charge in [0.15, 0.2) is 0 Å². The molecule has 11 heteroatoms. The van der Waals surface area contributed by atoms with E-state index in [0.717, 1.165) is 69.0 Å². The molecular weight excluding hydrogens is 650 g/mol.